The zero-order valence-corrected chi connectivity index (χ0v) is 11.9. The molecule has 0 saturated carbocycles. The van der Waals surface area contributed by atoms with Crippen LogP contribution in [-0.4, -0.2) is 27.7 Å². The van der Waals surface area contributed by atoms with Crippen molar-refractivity contribution in [2.45, 2.75) is 33.3 Å². The molecule has 0 spiro atoms. The molecule has 0 radical (unpaired) electrons. The Balaban J connectivity index is 2.24. The Bertz CT molecular complexity index is 668. The lowest BCUT2D eigenvalue weighted by molar-refractivity contribution is 0.0635. The summed E-state index contributed by atoms with van der Waals surface area (Å²) in [6.07, 6.45) is -0.568. The summed E-state index contributed by atoms with van der Waals surface area (Å²) in [5.74, 6) is 0.354. The van der Waals surface area contributed by atoms with E-state index in [1.54, 1.807) is 39.0 Å². The number of benzene rings is 1. The van der Waals surface area contributed by atoms with Crippen molar-refractivity contribution in [1.29, 1.82) is 0 Å². The van der Waals surface area contributed by atoms with E-state index >= 15 is 0 Å². The molecule has 1 aromatic heterocycles. The Kier molecular flexibility index (Phi) is 3.48. The van der Waals surface area contributed by atoms with Crippen LogP contribution in [0.15, 0.2) is 18.2 Å². The van der Waals surface area contributed by atoms with Crippen molar-refractivity contribution in [3.05, 3.63) is 23.8 Å². The van der Waals surface area contributed by atoms with Gasteiger partial charge in [0.25, 0.3) is 0 Å². The highest BCUT2D eigenvalue weighted by Crippen LogP contribution is 2.22. The first-order valence-corrected chi connectivity index (χ1v) is 6.25. The number of rotatable bonds is 2. The molecule has 0 bridgehead atoms. The van der Waals surface area contributed by atoms with Crippen molar-refractivity contribution in [3.8, 4) is 0 Å². The molecule has 0 aliphatic carbocycles. The number of H-pyrrole nitrogens is 1. The molecule has 0 fully saturated rings. The molecule has 0 aliphatic heterocycles. The Morgan fingerprint density at radius 1 is 1.30 bits per heavy atom. The predicted molar refractivity (Wildman–Crippen MR) is 76.0 cm³/mol. The minimum absolute atomic E-state index is 0.0249. The van der Waals surface area contributed by atoms with Crippen LogP contribution in [-0.2, 0) is 4.74 Å². The molecule has 2 rings (SSSR count). The number of nitrogens with one attached hydrogen (secondary N) is 2. The van der Waals surface area contributed by atoms with Crippen molar-refractivity contribution in [2.75, 3.05) is 5.32 Å². The number of ketones is 1. The maximum absolute atomic E-state index is 11.7. The number of carbonyl (C=O) groups is 2. The molecule has 2 N–H and O–H groups in total. The lowest BCUT2D eigenvalue weighted by Gasteiger charge is -2.19. The molecule has 0 atom stereocenters. The first-order chi connectivity index (χ1) is 9.26. The van der Waals surface area contributed by atoms with Crippen LogP contribution in [0, 0.1) is 0 Å². The fraction of sp³-hybridized carbons (Fsp3) is 0.357. The molecule has 1 heterocycles. The van der Waals surface area contributed by atoms with Crippen LogP contribution in [0.25, 0.3) is 10.9 Å². The topological polar surface area (TPSA) is 84.1 Å². The van der Waals surface area contributed by atoms with Gasteiger partial charge in [-0.3, -0.25) is 15.2 Å². The van der Waals surface area contributed by atoms with Crippen LogP contribution in [0.5, 0.6) is 0 Å². The first kappa shape index (κ1) is 14.0. The third kappa shape index (κ3) is 3.14. The minimum atomic E-state index is -0.571. The smallest absolute Gasteiger partial charge is 0.413 e. The van der Waals surface area contributed by atoms with Crippen LogP contribution in [0.3, 0.4) is 0 Å². The molecule has 2 aromatic rings. The van der Waals surface area contributed by atoms with E-state index in [-0.39, 0.29) is 5.78 Å². The van der Waals surface area contributed by atoms with Gasteiger partial charge in [0.05, 0.1) is 5.52 Å². The molecule has 0 saturated heterocycles. The van der Waals surface area contributed by atoms with Gasteiger partial charge in [-0.15, -0.1) is 0 Å². The maximum atomic E-state index is 11.7. The number of anilines is 1. The molecule has 0 aliphatic rings. The van der Waals surface area contributed by atoms with Crippen LogP contribution < -0.4 is 5.32 Å². The third-order valence-electron chi connectivity index (χ3n) is 2.59. The van der Waals surface area contributed by atoms with Crippen molar-refractivity contribution < 1.29 is 14.3 Å². The monoisotopic (exact) mass is 275 g/mol. The second-order valence-corrected chi connectivity index (χ2v) is 5.52. The quantitative estimate of drug-likeness (QED) is 0.825. The summed E-state index contributed by atoms with van der Waals surface area (Å²) >= 11 is 0. The maximum Gasteiger partial charge on any atom is 0.413 e. The number of hydrogen-bond acceptors (Lipinski definition) is 4. The lowest BCUT2D eigenvalue weighted by Crippen LogP contribution is -2.27. The molecule has 6 heteroatoms. The summed E-state index contributed by atoms with van der Waals surface area (Å²) in [7, 11) is 0. The number of ether oxygens (including phenoxy) is 1. The Labute approximate surface area is 116 Å². The van der Waals surface area contributed by atoms with Gasteiger partial charge in [-0.05, 0) is 39.8 Å². The van der Waals surface area contributed by atoms with Gasteiger partial charge in [-0.25, -0.2) is 4.79 Å². The van der Waals surface area contributed by atoms with Crippen molar-refractivity contribution in [2.24, 2.45) is 0 Å². The van der Waals surface area contributed by atoms with Gasteiger partial charge in [-0.2, -0.15) is 5.10 Å². The number of carbonyl (C=O) groups excluding carboxylic acids is 2. The SMILES string of the molecule is CC(=O)c1ccc2c(NC(=O)OC(C)(C)C)n[nH]c2c1. The van der Waals surface area contributed by atoms with E-state index in [0.717, 1.165) is 5.39 Å². The number of fused-ring (bicyclic) bond motifs is 1. The second kappa shape index (κ2) is 4.96. The number of aromatic amines is 1. The highest BCUT2D eigenvalue weighted by molar-refractivity contribution is 6.02. The van der Waals surface area contributed by atoms with Crippen molar-refractivity contribution in [1.82, 2.24) is 10.2 Å². The Hall–Kier alpha value is -2.37. The first-order valence-electron chi connectivity index (χ1n) is 6.25. The fourth-order valence-electron chi connectivity index (χ4n) is 1.73. The standard InChI is InChI=1S/C14H17N3O3/c1-8(18)9-5-6-10-11(7-9)16-17-12(10)15-13(19)20-14(2,3)4/h5-7H,1-4H3,(H2,15,16,17,19). The molecule has 1 aromatic carbocycles. The van der Waals surface area contributed by atoms with Crippen molar-refractivity contribution >= 4 is 28.6 Å². The number of hydrogen-bond donors (Lipinski definition) is 2. The number of aromatic nitrogens is 2. The van der Waals surface area contributed by atoms with Gasteiger partial charge in [0.1, 0.15) is 5.60 Å². The predicted octanol–water partition coefficient (Wildman–Crippen LogP) is 3.11. The van der Waals surface area contributed by atoms with Gasteiger partial charge in [0, 0.05) is 10.9 Å². The Morgan fingerprint density at radius 3 is 2.60 bits per heavy atom. The summed E-state index contributed by atoms with van der Waals surface area (Å²) in [5.41, 5.74) is 0.701. The van der Waals surface area contributed by atoms with Gasteiger partial charge in [0.2, 0.25) is 0 Å². The van der Waals surface area contributed by atoms with Crippen LogP contribution in [0.2, 0.25) is 0 Å². The highest BCUT2D eigenvalue weighted by Gasteiger charge is 2.18. The van der Waals surface area contributed by atoms with Gasteiger partial charge < -0.3 is 4.74 Å². The number of amides is 1. The average molecular weight is 275 g/mol. The highest BCUT2D eigenvalue weighted by atomic mass is 16.6. The molecular weight excluding hydrogens is 258 g/mol. The molecule has 0 unspecified atom stereocenters. The molecule has 20 heavy (non-hydrogen) atoms. The van der Waals surface area contributed by atoms with Gasteiger partial charge in [-0.1, -0.05) is 6.07 Å². The van der Waals surface area contributed by atoms with E-state index < -0.39 is 11.7 Å². The summed E-state index contributed by atoms with van der Waals surface area (Å²) < 4.78 is 5.16. The largest absolute Gasteiger partial charge is 0.444 e. The van der Waals surface area contributed by atoms with Gasteiger partial charge in [0.15, 0.2) is 11.6 Å². The van der Waals surface area contributed by atoms with E-state index in [0.29, 0.717) is 16.9 Å². The minimum Gasteiger partial charge on any atom is -0.444 e. The molecular formula is C14H17N3O3. The summed E-state index contributed by atoms with van der Waals surface area (Å²) in [6, 6.07) is 5.13. The second-order valence-electron chi connectivity index (χ2n) is 5.52. The van der Waals surface area contributed by atoms with Crippen LogP contribution in [0.4, 0.5) is 10.6 Å². The van der Waals surface area contributed by atoms with Crippen LogP contribution in [0.1, 0.15) is 38.1 Å². The molecule has 106 valence electrons. The lowest BCUT2D eigenvalue weighted by atomic mass is 10.1. The summed E-state index contributed by atoms with van der Waals surface area (Å²) in [5, 5.41) is 10.1. The van der Waals surface area contributed by atoms with E-state index in [1.165, 1.54) is 6.92 Å². The molecule has 1 amide bonds. The fourth-order valence-corrected chi connectivity index (χ4v) is 1.73. The van der Waals surface area contributed by atoms with E-state index in [4.69, 9.17) is 4.74 Å². The summed E-state index contributed by atoms with van der Waals surface area (Å²) in [4.78, 5) is 23.0. The van der Waals surface area contributed by atoms with E-state index in [9.17, 15) is 9.59 Å². The summed E-state index contributed by atoms with van der Waals surface area (Å²) in [6.45, 7) is 6.86. The number of Topliss-reactive ketones (excluding diaryl/α,β-unsaturated/α-hetero) is 1. The average Bonchev–Trinajstić information content (AvgIpc) is 2.69. The van der Waals surface area contributed by atoms with Crippen LogP contribution >= 0.6 is 0 Å². The normalized spacial score (nSPS) is 11.4. The van der Waals surface area contributed by atoms with E-state index in [2.05, 4.69) is 15.5 Å². The Morgan fingerprint density at radius 2 is 2.00 bits per heavy atom. The zero-order chi connectivity index (χ0) is 14.9. The van der Waals surface area contributed by atoms with Gasteiger partial charge >= 0.3 is 6.09 Å². The number of nitrogens with zero attached hydrogens (tertiary/aromatic N) is 1. The third-order valence-corrected chi connectivity index (χ3v) is 2.59. The zero-order valence-electron chi connectivity index (χ0n) is 11.9. The molecule has 6 nitrogen and oxygen atoms in total. The van der Waals surface area contributed by atoms with E-state index in [1.807, 2.05) is 0 Å². The van der Waals surface area contributed by atoms with Crippen molar-refractivity contribution in [3.63, 3.8) is 0 Å².